The number of para-hydroxylation sites is 2. The second-order valence-corrected chi connectivity index (χ2v) is 17.6. The summed E-state index contributed by atoms with van der Waals surface area (Å²) in [6, 6.07) is 24.2. The van der Waals surface area contributed by atoms with Crippen LogP contribution < -0.4 is 0 Å². The molecule has 0 atom stereocenters. The van der Waals surface area contributed by atoms with Crippen LogP contribution in [0.15, 0.2) is 66.7 Å². The second kappa shape index (κ2) is 8.85. The minimum Gasteiger partial charge on any atom is -0.292 e. The molecule has 0 bridgehead atoms. The molecule has 0 unspecified atom stereocenters. The van der Waals surface area contributed by atoms with Gasteiger partial charge in [0.1, 0.15) is 5.82 Å². The first-order chi connectivity index (χ1) is 15.9. The zero-order valence-electron chi connectivity index (χ0n) is 22.4. The molecule has 34 heavy (non-hydrogen) atoms. The number of aromatic nitrogens is 2. The Morgan fingerprint density at radius 1 is 0.765 bits per heavy atom. The van der Waals surface area contributed by atoms with Crippen LogP contribution in [0.25, 0.3) is 28.1 Å². The van der Waals surface area contributed by atoms with Crippen LogP contribution in [0.2, 0.25) is 19.6 Å². The van der Waals surface area contributed by atoms with Crippen molar-refractivity contribution in [2.24, 2.45) is 0 Å². The predicted octanol–water partition coefficient (Wildman–Crippen LogP) is 9.09. The monoisotopic (exact) mass is 468 g/mol. The van der Waals surface area contributed by atoms with Gasteiger partial charge in [-0.25, -0.2) is 4.98 Å². The standard InChI is InChI=1S/C31H40N2Si/c1-21(2)25-19-24(31(5,6)34(7,8)9)20-26(22(3)4)29(25)33-28-18-14-13-17-27(28)32-30(33)23-15-11-10-12-16-23/h10-22H,1-9H3. The first kappa shape index (κ1) is 24.5. The Labute approximate surface area is 207 Å². The molecule has 0 aliphatic heterocycles. The Bertz CT molecular complexity index is 1280. The van der Waals surface area contributed by atoms with Crippen LogP contribution in [0.4, 0.5) is 0 Å². The Balaban J connectivity index is 2.14. The lowest BCUT2D eigenvalue weighted by Crippen LogP contribution is -2.45. The molecule has 4 aromatic rings. The van der Waals surface area contributed by atoms with Crippen LogP contribution in [0.5, 0.6) is 0 Å². The molecule has 1 aromatic heterocycles. The summed E-state index contributed by atoms with van der Waals surface area (Å²) in [5.41, 5.74) is 8.97. The second-order valence-electron chi connectivity index (χ2n) is 11.8. The van der Waals surface area contributed by atoms with Gasteiger partial charge in [-0.05, 0) is 45.7 Å². The fourth-order valence-corrected chi connectivity index (χ4v) is 5.66. The van der Waals surface area contributed by atoms with Gasteiger partial charge in [-0.1, -0.05) is 116 Å². The fourth-order valence-electron chi connectivity index (χ4n) is 4.65. The molecule has 0 aliphatic carbocycles. The molecule has 0 N–H and O–H groups in total. The zero-order valence-corrected chi connectivity index (χ0v) is 23.4. The molecule has 0 spiro atoms. The summed E-state index contributed by atoms with van der Waals surface area (Å²) >= 11 is 0. The highest BCUT2D eigenvalue weighted by Gasteiger charge is 2.37. The number of imidazole rings is 1. The number of hydrogen-bond acceptors (Lipinski definition) is 1. The Morgan fingerprint density at radius 2 is 1.29 bits per heavy atom. The van der Waals surface area contributed by atoms with E-state index in [0.29, 0.717) is 11.8 Å². The van der Waals surface area contributed by atoms with Gasteiger partial charge in [0, 0.05) is 5.56 Å². The number of benzene rings is 3. The highest BCUT2D eigenvalue weighted by atomic mass is 28.3. The highest BCUT2D eigenvalue weighted by molar-refractivity contribution is 6.78. The van der Waals surface area contributed by atoms with Crippen LogP contribution in [0, 0.1) is 0 Å². The lowest BCUT2D eigenvalue weighted by Gasteiger charge is -2.39. The van der Waals surface area contributed by atoms with Gasteiger partial charge in [0.05, 0.1) is 24.8 Å². The Morgan fingerprint density at radius 3 is 1.82 bits per heavy atom. The first-order valence-electron chi connectivity index (χ1n) is 12.6. The van der Waals surface area contributed by atoms with Crippen molar-refractivity contribution < 1.29 is 0 Å². The normalized spacial score (nSPS) is 12.8. The molecule has 178 valence electrons. The average Bonchev–Trinajstić information content (AvgIpc) is 3.17. The number of hydrogen-bond donors (Lipinski definition) is 0. The number of rotatable bonds is 6. The Kier molecular flexibility index (Phi) is 6.37. The fraction of sp³-hybridized carbons (Fsp3) is 0.387. The molecular weight excluding hydrogens is 428 g/mol. The molecule has 0 saturated heterocycles. The maximum atomic E-state index is 5.14. The number of nitrogens with zero attached hydrogens (tertiary/aromatic N) is 2. The maximum absolute atomic E-state index is 5.14. The molecule has 0 radical (unpaired) electrons. The quantitative estimate of drug-likeness (QED) is 0.258. The molecule has 0 aliphatic rings. The van der Waals surface area contributed by atoms with Gasteiger partial charge in [-0.3, -0.25) is 4.57 Å². The summed E-state index contributed by atoms with van der Waals surface area (Å²) < 4.78 is 2.43. The molecule has 3 aromatic carbocycles. The van der Waals surface area contributed by atoms with Gasteiger partial charge in [-0.15, -0.1) is 0 Å². The third-order valence-electron chi connectivity index (χ3n) is 7.83. The van der Waals surface area contributed by atoms with E-state index in [9.17, 15) is 0 Å². The Hall–Kier alpha value is -2.65. The van der Waals surface area contributed by atoms with E-state index in [4.69, 9.17) is 4.98 Å². The molecule has 3 heteroatoms. The van der Waals surface area contributed by atoms with Crippen molar-refractivity contribution in [1.82, 2.24) is 9.55 Å². The summed E-state index contributed by atoms with van der Waals surface area (Å²) in [5, 5.41) is 0.179. The molecular formula is C31H40N2Si. The minimum absolute atomic E-state index is 0.179. The molecule has 0 fully saturated rings. The van der Waals surface area contributed by atoms with Crippen LogP contribution in [0.1, 0.15) is 70.1 Å². The van der Waals surface area contributed by atoms with Crippen LogP contribution in [-0.2, 0) is 5.04 Å². The predicted molar refractivity (Wildman–Crippen MR) is 151 cm³/mol. The van der Waals surface area contributed by atoms with E-state index in [1.165, 1.54) is 27.9 Å². The van der Waals surface area contributed by atoms with E-state index in [1.54, 1.807) is 0 Å². The van der Waals surface area contributed by atoms with Gasteiger partial charge in [0.15, 0.2) is 0 Å². The minimum atomic E-state index is -1.45. The topological polar surface area (TPSA) is 17.8 Å². The smallest absolute Gasteiger partial charge is 0.145 e. The molecule has 0 saturated carbocycles. The summed E-state index contributed by atoms with van der Waals surface area (Å²) in [6.45, 7) is 21.7. The van der Waals surface area contributed by atoms with E-state index in [-0.39, 0.29) is 5.04 Å². The van der Waals surface area contributed by atoms with E-state index in [0.717, 1.165) is 16.9 Å². The van der Waals surface area contributed by atoms with Crippen molar-refractivity contribution in [3.05, 3.63) is 83.4 Å². The highest BCUT2D eigenvalue weighted by Crippen LogP contribution is 2.42. The van der Waals surface area contributed by atoms with E-state index in [2.05, 4.69) is 132 Å². The van der Waals surface area contributed by atoms with Gasteiger partial charge in [0.25, 0.3) is 0 Å². The average molecular weight is 469 g/mol. The largest absolute Gasteiger partial charge is 0.292 e. The molecule has 2 nitrogen and oxygen atoms in total. The van der Waals surface area contributed by atoms with Crippen molar-refractivity contribution in [3.8, 4) is 17.1 Å². The summed E-state index contributed by atoms with van der Waals surface area (Å²) in [7, 11) is -1.45. The summed E-state index contributed by atoms with van der Waals surface area (Å²) in [4.78, 5) is 5.14. The van der Waals surface area contributed by atoms with E-state index in [1.807, 2.05) is 0 Å². The van der Waals surface area contributed by atoms with Gasteiger partial charge in [0.2, 0.25) is 0 Å². The third kappa shape index (κ3) is 4.15. The number of fused-ring (bicyclic) bond motifs is 1. The van der Waals surface area contributed by atoms with E-state index < -0.39 is 8.07 Å². The van der Waals surface area contributed by atoms with Gasteiger partial charge >= 0.3 is 0 Å². The zero-order chi connectivity index (χ0) is 24.8. The third-order valence-corrected chi connectivity index (χ3v) is 11.9. The summed E-state index contributed by atoms with van der Waals surface area (Å²) in [6.07, 6.45) is 0. The van der Waals surface area contributed by atoms with Gasteiger partial charge in [-0.2, -0.15) is 0 Å². The van der Waals surface area contributed by atoms with Crippen molar-refractivity contribution in [2.75, 3.05) is 0 Å². The van der Waals surface area contributed by atoms with Crippen molar-refractivity contribution >= 4 is 19.1 Å². The lowest BCUT2D eigenvalue weighted by molar-refractivity contribution is 0.706. The van der Waals surface area contributed by atoms with Crippen molar-refractivity contribution in [1.29, 1.82) is 0 Å². The summed E-state index contributed by atoms with van der Waals surface area (Å²) in [5.74, 6) is 1.81. The van der Waals surface area contributed by atoms with Crippen molar-refractivity contribution in [3.63, 3.8) is 0 Å². The van der Waals surface area contributed by atoms with Crippen LogP contribution in [-0.4, -0.2) is 17.6 Å². The SMILES string of the molecule is CC(C)c1cc(C(C)(C)[Si](C)(C)C)cc(C(C)C)c1-n1c(-c2ccccc2)nc2ccccc21. The van der Waals surface area contributed by atoms with Gasteiger partial charge < -0.3 is 0 Å². The molecule has 0 amide bonds. The van der Waals surface area contributed by atoms with Crippen LogP contribution >= 0.6 is 0 Å². The molecule has 1 heterocycles. The van der Waals surface area contributed by atoms with Crippen molar-refractivity contribution in [2.45, 2.75) is 78.1 Å². The lowest BCUT2D eigenvalue weighted by atomic mass is 9.86. The molecule has 4 rings (SSSR count). The first-order valence-corrected chi connectivity index (χ1v) is 16.1. The maximum Gasteiger partial charge on any atom is 0.145 e. The van der Waals surface area contributed by atoms with Crippen LogP contribution in [0.3, 0.4) is 0 Å². The van der Waals surface area contributed by atoms with E-state index >= 15 is 0 Å².